The molecule has 0 saturated carbocycles. The number of anilines is 1. The van der Waals surface area contributed by atoms with Crippen LogP contribution >= 0.6 is 0 Å². The summed E-state index contributed by atoms with van der Waals surface area (Å²) < 4.78 is 15.7. The van der Waals surface area contributed by atoms with Gasteiger partial charge in [0, 0.05) is 19.4 Å². The second-order valence-corrected chi connectivity index (χ2v) is 4.89. The molecule has 0 aromatic heterocycles. The summed E-state index contributed by atoms with van der Waals surface area (Å²) in [5, 5.41) is 2.82. The Morgan fingerprint density at radius 2 is 2.05 bits per heavy atom. The van der Waals surface area contributed by atoms with Crippen molar-refractivity contribution in [2.45, 2.75) is 26.5 Å². The number of ether oxygens (including phenoxy) is 3. The maximum Gasteiger partial charge on any atom is 0.243 e. The highest BCUT2D eigenvalue weighted by Gasteiger charge is 2.14. The second-order valence-electron chi connectivity index (χ2n) is 4.89. The van der Waals surface area contributed by atoms with Gasteiger partial charge in [-0.3, -0.25) is 4.79 Å². The molecule has 1 atom stereocenters. The van der Waals surface area contributed by atoms with Crippen molar-refractivity contribution < 1.29 is 19.0 Å². The number of methoxy groups -OCH3 is 1. The van der Waals surface area contributed by atoms with Gasteiger partial charge in [0.15, 0.2) is 0 Å². The molecule has 6 heteroatoms. The third kappa shape index (κ3) is 6.11. The van der Waals surface area contributed by atoms with Crippen LogP contribution in [-0.2, 0) is 25.6 Å². The molecule has 0 saturated heterocycles. The standard InChI is InChI=1S/C16H26N2O4/c1-4-21-8-9-22-10-13-6-5-7-15(12(13)2)18-16(19)14(17)11-20-3/h5-7,14H,4,8-11,17H2,1-3H3,(H,18,19). The van der Waals surface area contributed by atoms with Gasteiger partial charge >= 0.3 is 0 Å². The molecule has 1 unspecified atom stereocenters. The van der Waals surface area contributed by atoms with Crippen LogP contribution in [0.5, 0.6) is 0 Å². The first-order valence-electron chi connectivity index (χ1n) is 7.39. The van der Waals surface area contributed by atoms with Crippen molar-refractivity contribution >= 4 is 11.6 Å². The Morgan fingerprint density at radius 3 is 2.73 bits per heavy atom. The SMILES string of the molecule is CCOCCOCc1cccc(NC(=O)C(N)COC)c1C. The Hall–Kier alpha value is -1.47. The Morgan fingerprint density at radius 1 is 1.32 bits per heavy atom. The van der Waals surface area contributed by atoms with Crippen molar-refractivity contribution in [1.29, 1.82) is 0 Å². The van der Waals surface area contributed by atoms with Gasteiger partial charge in [0.1, 0.15) is 6.04 Å². The first kappa shape index (κ1) is 18.6. The van der Waals surface area contributed by atoms with E-state index in [2.05, 4.69) is 5.32 Å². The summed E-state index contributed by atoms with van der Waals surface area (Å²) in [6, 6.07) is 5.01. The summed E-state index contributed by atoms with van der Waals surface area (Å²) in [5.74, 6) is -0.264. The summed E-state index contributed by atoms with van der Waals surface area (Å²) in [7, 11) is 1.51. The van der Waals surface area contributed by atoms with Crippen molar-refractivity contribution in [3.8, 4) is 0 Å². The zero-order valence-corrected chi connectivity index (χ0v) is 13.6. The summed E-state index contributed by atoms with van der Waals surface area (Å²) in [6.07, 6.45) is 0. The van der Waals surface area contributed by atoms with Crippen LogP contribution in [0.4, 0.5) is 5.69 Å². The maximum absolute atomic E-state index is 11.9. The van der Waals surface area contributed by atoms with Gasteiger partial charge in [-0.15, -0.1) is 0 Å². The molecule has 0 aliphatic heterocycles. The van der Waals surface area contributed by atoms with E-state index < -0.39 is 6.04 Å². The van der Waals surface area contributed by atoms with Crippen LogP contribution in [0.1, 0.15) is 18.1 Å². The summed E-state index contributed by atoms with van der Waals surface area (Å²) in [6.45, 7) is 6.37. The Kier molecular flexibility index (Phi) is 8.69. The van der Waals surface area contributed by atoms with Gasteiger partial charge in [-0.25, -0.2) is 0 Å². The number of rotatable bonds is 10. The average molecular weight is 310 g/mol. The molecular formula is C16H26N2O4. The summed E-state index contributed by atoms with van der Waals surface area (Å²) in [5.41, 5.74) is 8.45. The smallest absolute Gasteiger partial charge is 0.243 e. The van der Waals surface area contributed by atoms with Crippen LogP contribution in [0.25, 0.3) is 0 Å². The van der Waals surface area contributed by atoms with E-state index in [0.29, 0.717) is 26.4 Å². The van der Waals surface area contributed by atoms with Gasteiger partial charge in [0.05, 0.1) is 26.4 Å². The van der Waals surface area contributed by atoms with Crippen molar-refractivity contribution in [3.05, 3.63) is 29.3 Å². The van der Waals surface area contributed by atoms with Crippen LogP contribution < -0.4 is 11.1 Å². The lowest BCUT2D eigenvalue weighted by Gasteiger charge is -2.15. The molecule has 6 nitrogen and oxygen atoms in total. The van der Waals surface area contributed by atoms with E-state index in [1.165, 1.54) is 7.11 Å². The van der Waals surface area contributed by atoms with E-state index in [0.717, 1.165) is 16.8 Å². The van der Waals surface area contributed by atoms with Crippen LogP contribution in [0, 0.1) is 6.92 Å². The molecule has 0 spiro atoms. The highest BCUT2D eigenvalue weighted by Crippen LogP contribution is 2.19. The quantitative estimate of drug-likeness (QED) is 0.639. The monoisotopic (exact) mass is 310 g/mol. The summed E-state index contributed by atoms with van der Waals surface area (Å²) in [4.78, 5) is 11.9. The van der Waals surface area contributed by atoms with Gasteiger partial charge in [0.2, 0.25) is 5.91 Å². The number of hydrogen-bond acceptors (Lipinski definition) is 5. The molecule has 0 aliphatic rings. The molecule has 124 valence electrons. The van der Waals surface area contributed by atoms with E-state index in [-0.39, 0.29) is 12.5 Å². The normalized spacial score (nSPS) is 12.2. The van der Waals surface area contributed by atoms with Crippen LogP contribution in [0.2, 0.25) is 0 Å². The number of benzene rings is 1. The van der Waals surface area contributed by atoms with E-state index in [1.807, 2.05) is 32.0 Å². The average Bonchev–Trinajstić information content (AvgIpc) is 2.50. The highest BCUT2D eigenvalue weighted by molar-refractivity contribution is 5.95. The van der Waals surface area contributed by atoms with Crippen molar-refractivity contribution in [2.75, 3.05) is 38.9 Å². The third-order valence-electron chi connectivity index (χ3n) is 3.22. The molecule has 0 fully saturated rings. The molecule has 1 aromatic rings. The van der Waals surface area contributed by atoms with Gasteiger partial charge < -0.3 is 25.3 Å². The number of carbonyl (C=O) groups is 1. The minimum Gasteiger partial charge on any atom is -0.383 e. The number of nitrogens with two attached hydrogens (primary N) is 1. The van der Waals surface area contributed by atoms with E-state index >= 15 is 0 Å². The molecule has 1 aromatic carbocycles. The van der Waals surface area contributed by atoms with Crippen LogP contribution in [-0.4, -0.2) is 45.5 Å². The first-order chi connectivity index (χ1) is 10.6. The largest absolute Gasteiger partial charge is 0.383 e. The Balaban J connectivity index is 2.58. The molecule has 0 radical (unpaired) electrons. The lowest BCUT2D eigenvalue weighted by Crippen LogP contribution is -2.39. The predicted molar refractivity (Wildman–Crippen MR) is 85.8 cm³/mol. The van der Waals surface area contributed by atoms with Crippen LogP contribution in [0.15, 0.2) is 18.2 Å². The molecule has 1 amide bonds. The minimum absolute atomic E-state index is 0.186. The molecule has 22 heavy (non-hydrogen) atoms. The van der Waals surface area contributed by atoms with Gasteiger partial charge in [-0.05, 0) is 31.0 Å². The number of carbonyl (C=O) groups excluding carboxylic acids is 1. The molecule has 0 aliphatic carbocycles. The Bertz CT molecular complexity index is 465. The topological polar surface area (TPSA) is 82.8 Å². The first-order valence-corrected chi connectivity index (χ1v) is 7.39. The maximum atomic E-state index is 11.9. The van der Waals surface area contributed by atoms with Crippen molar-refractivity contribution in [2.24, 2.45) is 5.73 Å². The predicted octanol–water partition coefficient (Wildman–Crippen LogP) is 1.46. The summed E-state index contributed by atoms with van der Waals surface area (Å²) >= 11 is 0. The lowest BCUT2D eigenvalue weighted by molar-refractivity contribution is -0.118. The number of nitrogens with one attached hydrogen (secondary N) is 1. The van der Waals surface area contributed by atoms with Crippen molar-refractivity contribution in [1.82, 2.24) is 0 Å². The fourth-order valence-corrected chi connectivity index (χ4v) is 1.90. The highest BCUT2D eigenvalue weighted by atomic mass is 16.5. The molecule has 1 rings (SSSR count). The Labute approximate surface area is 131 Å². The van der Waals surface area contributed by atoms with E-state index in [1.54, 1.807) is 0 Å². The molecule has 0 heterocycles. The molecule has 0 bridgehead atoms. The molecular weight excluding hydrogens is 284 g/mol. The van der Waals surface area contributed by atoms with Crippen LogP contribution in [0.3, 0.4) is 0 Å². The van der Waals surface area contributed by atoms with Gasteiger partial charge in [0.25, 0.3) is 0 Å². The third-order valence-corrected chi connectivity index (χ3v) is 3.22. The fraction of sp³-hybridized carbons (Fsp3) is 0.562. The van der Waals surface area contributed by atoms with Crippen molar-refractivity contribution in [3.63, 3.8) is 0 Å². The zero-order chi connectivity index (χ0) is 16.4. The fourth-order valence-electron chi connectivity index (χ4n) is 1.90. The minimum atomic E-state index is -0.685. The van der Waals surface area contributed by atoms with E-state index in [4.69, 9.17) is 19.9 Å². The zero-order valence-electron chi connectivity index (χ0n) is 13.6. The molecule has 3 N–H and O–H groups in total. The lowest BCUT2D eigenvalue weighted by atomic mass is 10.1. The van der Waals surface area contributed by atoms with E-state index in [9.17, 15) is 4.79 Å². The number of amides is 1. The van der Waals surface area contributed by atoms with Gasteiger partial charge in [-0.1, -0.05) is 12.1 Å². The second kappa shape index (κ2) is 10.3. The number of hydrogen-bond donors (Lipinski definition) is 2. The van der Waals surface area contributed by atoms with Gasteiger partial charge in [-0.2, -0.15) is 0 Å².